The minimum absolute atomic E-state index is 0.345. The van der Waals surface area contributed by atoms with Gasteiger partial charge < -0.3 is 19.7 Å². The average Bonchev–Trinajstić information content (AvgIpc) is 3.32. The van der Waals surface area contributed by atoms with Crippen LogP contribution in [0.3, 0.4) is 0 Å². The molecule has 10 heteroatoms. The number of anilines is 2. The first-order valence-electron chi connectivity index (χ1n) is 10.3. The zero-order chi connectivity index (χ0) is 19.2. The van der Waals surface area contributed by atoms with Gasteiger partial charge in [-0.3, -0.25) is 5.10 Å². The number of ether oxygens (including phenoxy) is 2. The van der Waals surface area contributed by atoms with Gasteiger partial charge in [-0.2, -0.15) is 14.6 Å². The van der Waals surface area contributed by atoms with Crippen LogP contribution in [0.2, 0.25) is 0 Å². The first-order valence-corrected chi connectivity index (χ1v) is 10.3. The van der Waals surface area contributed by atoms with E-state index in [0.29, 0.717) is 23.8 Å². The third kappa shape index (κ3) is 3.03. The second-order valence-corrected chi connectivity index (χ2v) is 8.13. The monoisotopic (exact) mass is 396 g/mol. The van der Waals surface area contributed by atoms with Crippen molar-refractivity contribution in [2.24, 2.45) is 11.8 Å². The lowest BCUT2D eigenvalue weighted by Gasteiger charge is -2.47. The van der Waals surface area contributed by atoms with Crippen LogP contribution >= 0.6 is 0 Å². The van der Waals surface area contributed by atoms with E-state index in [-0.39, 0.29) is 0 Å². The number of H-pyrrole nitrogens is 1. The molecule has 3 fully saturated rings. The van der Waals surface area contributed by atoms with Gasteiger partial charge in [0.05, 0.1) is 19.4 Å². The van der Waals surface area contributed by atoms with Crippen LogP contribution in [0, 0.1) is 11.8 Å². The summed E-state index contributed by atoms with van der Waals surface area (Å²) in [5, 5.41) is 15.1. The molecule has 0 amide bonds. The lowest BCUT2D eigenvalue weighted by Crippen LogP contribution is -2.54. The summed E-state index contributed by atoms with van der Waals surface area (Å²) in [6.07, 6.45) is 7.35. The average molecular weight is 396 g/mol. The molecule has 3 aromatic rings. The molecular weight excluding hydrogens is 372 g/mol. The molecule has 0 unspecified atom stereocenters. The molecule has 6 rings (SSSR count). The zero-order valence-corrected chi connectivity index (χ0v) is 16.1. The molecule has 3 aromatic heterocycles. The van der Waals surface area contributed by atoms with Gasteiger partial charge in [-0.1, -0.05) is 0 Å². The molecule has 3 aliphatic heterocycles. The number of nitrogens with one attached hydrogen (secondary N) is 2. The molecular formula is C19H24N8O2. The molecule has 6 heterocycles. The lowest BCUT2D eigenvalue weighted by molar-refractivity contribution is -0.0659. The molecule has 0 bridgehead atoms. The van der Waals surface area contributed by atoms with Crippen molar-refractivity contribution < 1.29 is 9.47 Å². The first-order chi connectivity index (χ1) is 14.3. The van der Waals surface area contributed by atoms with E-state index in [0.717, 1.165) is 75.0 Å². The largest absolute Gasteiger partial charge is 0.381 e. The highest BCUT2D eigenvalue weighted by atomic mass is 16.5. The van der Waals surface area contributed by atoms with Crippen molar-refractivity contribution in [3.63, 3.8) is 0 Å². The Balaban J connectivity index is 1.34. The summed E-state index contributed by atoms with van der Waals surface area (Å²) in [6.45, 7) is 5.33. The Labute approximate surface area is 167 Å². The van der Waals surface area contributed by atoms with Crippen molar-refractivity contribution in [2.45, 2.75) is 18.9 Å². The van der Waals surface area contributed by atoms with Gasteiger partial charge in [0.2, 0.25) is 5.95 Å². The molecule has 2 N–H and O–H groups in total. The van der Waals surface area contributed by atoms with Crippen molar-refractivity contribution in [1.82, 2.24) is 29.8 Å². The predicted molar refractivity (Wildman–Crippen MR) is 106 cm³/mol. The standard InChI is InChI=1S/C19H24N8O2/c1-3-28-4-2-15(1)23-19-24-18-17(26-7-13(8-26)14-9-29-10-14)16(12-5-21-22-6-12)20-11-27(18)25-19/h5-6,11,13-15H,1-4,7-10H2,(H,21,22)(H,23,25). The number of fused-ring (bicyclic) bond motifs is 1. The van der Waals surface area contributed by atoms with Crippen LogP contribution < -0.4 is 10.2 Å². The summed E-state index contributed by atoms with van der Waals surface area (Å²) >= 11 is 0. The zero-order valence-electron chi connectivity index (χ0n) is 16.1. The van der Waals surface area contributed by atoms with Crippen molar-refractivity contribution in [1.29, 1.82) is 0 Å². The Bertz CT molecular complexity index is 987. The van der Waals surface area contributed by atoms with E-state index in [1.165, 1.54) is 0 Å². The van der Waals surface area contributed by atoms with Crippen LogP contribution in [-0.4, -0.2) is 75.3 Å². The predicted octanol–water partition coefficient (Wildman–Crippen LogP) is 1.19. The number of rotatable bonds is 5. The fourth-order valence-corrected chi connectivity index (χ4v) is 4.33. The quantitative estimate of drug-likeness (QED) is 0.663. The maximum Gasteiger partial charge on any atom is 0.243 e. The fourth-order valence-electron chi connectivity index (χ4n) is 4.33. The van der Waals surface area contributed by atoms with Gasteiger partial charge >= 0.3 is 0 Å². The molecule has 0 atom stereocenters. The number of nitrogens with zero attached hydrogens (tertiary/aromatic N) is 6. The van der Waals surface area contributed by atoms with Crippen LogP contribution in [0.5, 0.6) is 0 Å². The van der Waals surface area contributed by atoms with Gasteiger partial charge in [0, 0.05) is 55.9 Å². The van der Waals surface area contributed by atoms with Crippen LogP contribution in [0.1, 0.15) is 12.8 Å². The lowest BCUT2D eigenvalue weighted by atomic mass is 9.84. The van der Waals surface area contributed by atoms with E-state index in [1.807, 2.05) is 6.20 Å². The second-order valence-electron chi connectivity index (χ2n) is 8.13. The van der Waals surface area contributed by atoms with Crippen molar-refractivity contribution in [2.75, 3.05) is 49.7 Å². The Hall–Kier alpha value is -2.72. The molecule has 0 saturated carbocycles. The summed E-state index contributed by atoms with van der Waals surface area (Å²) in [5.41, 5.74) is 3.70. The molecule has 10 nitrogen and oxygen atoms in total. The molecule has 3 saturated heterocycles. The molecule has 152 valence electrons. The highest BCUT2D eigenvalue weighted by molar-refractivity contribution is 5.85. The number of hydrogen-bond acceptors (Lipinski definition) is 8. The summed E-state index contributed by atoms with van der Waals surface area (Å²) in [4.78, 5) is 11.9. The Morgan fingerprint density at radius 3 is 2.69 bits per heavy atom. The van der Waals surface area contributed by atoms with Crippen molar-refractivity contribution in [3.8, 4) is 11.3 Å². The Morgan fingerprint density at radius 1 is 1.10 bits per heavy atom. The molecule has 0 radical (unpaired) electrons. The van der Waals surface area contributed by atoms with Gasteiger partial charge in [0.1, 0.15) is 17.7 Å². The number of hydrogen-bond donors (Lipinski definition) is 2. The number of aromatic amines is 1. The van der Waals surface area contributed by atoms with E-state index in [4.69, 9.17) is 19.4 Å². The molecule has 3 aliphatic rings. The van der Waals surface area contributed by atoms with Gasteiger partial charge in [-0.05, 0) is 12.8 Å². The first kappa shape index (κ1) is 17.2. The van der Waals surface area contributed by atoms with Crippen LogP contribution in [-0.2, 0) is 9.47 Å². The minimum Gasteiger partial charge on any atom is -0.381 e. The molecule has 0 spiro atoms. The highest BCUT2D eigenvalue weighted by Gasteiger charge is 2.39. The summed E-state index contributed by atoms with van der Waals surface area (Å²) in [7, 11) is 0. The van der Waals surface area contributed by atoms with E-state index >= 15 is 0 Å². The Kier molecular flexibility index (Phi) is 4.12. The smallest absolute Gasteiger partial charge is 0.243 e. The van der Waals surface area contributed by atoms with Crippen LogP contribution in [0.4, 0.5) is 11.6 Å². The second kappa shape index (κ2) is 6.96. The minimum atomic E-state index is 0.345. The third-order valence-corrected chi connectivity index (χ3v) is 6.25. The normalized spacial score (nSPS) is 21.3. The fraction of sp³-hybridized carbons (Fsp3) is 0.579. The van der Waals surface area contributed by atoms with E-state index in [9.17, 15) is 0 Å². The summed E-state index contributed by atoms with van der Waals surface area (Å²) in [6, 6.07) is 0.345. The molecule has 0 aromatic carbocycles. The summed E-state index contributed by atoms with van der Waals surface area (Å²) in [5.74, 6) is 2.00. The van der Waals surface area contributed by atoms with E-state index < -0.39 is 0 Å². The van der Waals surface area contributed by atoms with Crippen LogP contribution in [0.15, 0.2) is 18.7 Å². The van der Waals surface area contributed by atoms with Crippen molar-refractivity contribution in [3.05, 3.63) is 18.7 Å². The Morgan fingerprint density at radius 2 is 1.97 bits per heavy atom. The van der Waals surface area contributed by atoms with Crippen LogP contribution in [0.25, 0.3) is 16.9 Å². The topological polar surface area (TPSA) is 105 Å². The molecule has 29 heavy (non-hydrogen) atoms. The summed E-state index contributed by atoms with van der Waals surface area (Å²) < 4.78 is 12.6. The third-order valence-electron chi connectivity index (χ3n) is 6.25. The highest BCUT2D eigenvalue weighted by Crippen LogP contribution is 2.39. The SMILES string of the molecule is c1n[nH]cc1-c1ncn2nc(NC3CCOCC3)nc2c1N1CC(C2COC2)C1. The number of aromatic nitrogens is 6. The van der Waals surface area contributed by atoms with Gasteiger partial charge in [0.25, 0.3) is 0 Å². The van der Waals surface area contributed by atoms with E-state index in [1.54, 1.807) is 17.0 Å². The van der Waals surface area contributed by atoms with Gasteiger partial charge in [-0.15, -0.1) is 5.10 Å². The maximum absolute atomic E-state index is 5.45. The molecule has 0 aliphatic carbocycles. The van der Waals surface area contributed by atoms with Crippen molar-refractivity contribution >= 4 is 17.3 Å². The van der Waals surface area contributed by atoms with E-state index in [2.05, 4.69) is 25.5 Å². The maximum atomic E-state index is 5.45. The van der Waals surface area contributed by atoms with Gasteiger partial charge in [-0.25, -0.2) is 4.98 Å². The van der Waals surface area contributed by atoms with Gasteiger partial charge in [0.15, 0.2) is 5.65 Å².